The topological polar surface area (TPSA) is 46.9 Å². The van der Waals surface area contributed by atoms with E-state index in [1.807, 2.05) is 31.2 Å². The van der Waals surface area contributed by atoms with Gasteiger partial charge < -0.3 is 9.88 Å². The Morgan fingerprint density at radius 2 is 1.92 bits per heavy atom. The summed E-state index contributed by atoms with van der Waals surface area (Å²) in [4.78, 5) is 16.7. The third-order valence-corrected chi connectivity index (χ3v) is 4.14. The van der Waals surface area contributed by atoms with Gasteiger partial charge >= 0.3 is 0 Å². The Kier molecular flexibility index (Phi) is 5.43. The highest BCUT2D eigenvalue weighted by molar-refractivity contribution is 5.78. The summed E-state index contributed by atoms with van der Waals surface area (Å²) in [6.07, 6.45) is 1.94. The smallest absolute Gasteiger partial charge is 0.221 e. The molecule has 130 valence electrons. The number of hydrogen-bond acceptors (Lipinski definition) is 2. The van der Waals surface area contributed by atoms with Gasteiger partial charge in [0, 0.05) is 25.9 Å². The van der Waals surface area contributed by atoms with Gasteiger partial charge in [0.05, 0.1) is 11.0 Å². The van der Waals surface area contributed by atoms with Crippen molar-refractivity contribution in [2.75, 3.05) is 6.54 Å². The molecule has 3 aromatic rings. The molecular weight excluding hydrogens is 317 g/mol. The molecule has 0 saturated heterocycles. The number of rotatable bonds is 7. The average molecular weight is 339 g/mol. The highest BCUT2D eigenvalue weighted by atomic mass is 19.1. The fourth-order valence-corrected chi connectivity index (χ4v) is 2.86. The second-order valence-corrected chi connectivity index (χ2v) is 6.07. The van der Waals surface area contributed by atoms with E-state index in [0.29, 0.717) is 25.9 Å². The molecule has 0 bridgehead atoms. The Morgan fingerprint density at radius 3 is 2.68 bits per heavy atom. The number of nitrogens with one attached hydrogen (secondary N) is 1. The minimum atomic E-state index is -0.246. The number of fused-ring (bicyclic) bond motifs is 1. The van der Waals surface area contributed by atoms with Gasteiger partial charge in [0.1, 0.15) is 11.6 Å². The number of para-hydroxylation sites is 2. The number of aryl methyl sites for hydroxylation is 1. The van der Waals surface area contributed by atoms with E-state index in [9.17, 15) is 9.18 Å². The number of amides is 1. The molecule has 1 heterocycles. The molecule has 1 amide bonds. The van der Waals surface area contributed by atoms with Crippen molar-refractivity contribution in [2.45, 2.75) is 32.7 Å². The van der Waals surface area contributed by atoms with E-state index in [4.69, 9.17) is 4.98 Å². The number of carbonyl (C=O) groups excluding carboxylic acids is 1. The maximum Gasteiger partial charge on any atom is 0.221 e. The third-order valence-electron chi connectivity index (χ3n) is 4.14. The number of carbonyl (C=O) groups is 1. The molecule has 0 fully saturated rings. The van der Waals surface area contributed by atoms with Crippen LogP contribution in [-0.4, -0.2) is 22.0 Å². The van der Waals surface area contributed by atoms with E-state index in [0.717, 1.165) is 28.8 Å². The number of benzene rings is 2. The molecule has 0 saturated carbocycles. The molecule has 0 spiro atoms. The molecule has 0 aliphatic carbocycles. The first-order valence-electron chi connectivity index (χ1n) is 8.62. The van der Waals surface area contributed by atoms with Crippen LogP contribution in [0.15, 0.2) is 48.5 Å². The summed E-state index contributed by atoms with van der Waals surface area (Å²) in [5.41, 5.74) is 2.92. The van der Waals surface area contributed by atoms with E-state index in [-0.39, 0.29) is 11.7 Å². The van der Waals surface area contributed by atoms with Crippen molar-refractivity contribution in [1.82, 2.24) is 14.9 Å². The fourth-order valence-electron chi connectivity index (χ4n) is 2.86. The second kappa shape index (κ2) is 7.92. The molecular formula is C20H22FN3O. The van der Waals surface area contributed by atoms with Crippen LogP contribution in [0, 0.1) is 5.82 Å². The Morgan fingerprint density at radius 1 is 1.16 bits per heavy atom. The molecule has 0 unspecified atom stereocenters. The van der Waals surface area contributed by atoms with Gasteiger partial charge in [-0.1, -0.05) is 31.2 Å². The molecule has 3 rings (SSSR count). The predicted octanol–water partition coefficient (Wildman–Crippen LogP) is 3.68. The lowest BCUT2D eigenvalue weighted by molar-refractivity contribution is -0.121. The number of halogens is 1. The Bertz CT molecular complexity index is 855. The molecule has 0 radical (unpaired) electrons. The molecule has 2 aromatic carbocycles. The molecule has 4 nitrogen and oxygen atoms in total. The van der Waals surface area contributed by atoms with Crippen LogP contribution in [-0.2, 0) is 17.8 Å². The molecule has 0 aliphatic rings. The van der Waals surface area contributed by atoms with Gasteiger partial charge in [-0.2, -0.15) is 0 Å². The third kappa shape index (κ3) is 4.24. The van der Waals surface area contributed by atoms with E-state index in [2.05, 4.69) is 9.88 Å². The van der Waals surface area contributed by atoms with E-state index in [1.165, 1.54) is 12.1 Å². The largest absolute Gasteiger partial charge is 0.356 e. The van der Waals surface area contributed by atoms with Crippen LogP contribution in [0.25, 0.3) is 11.0 Å². The van der Waals surface area contributed by atoms with Crippen molar-refractivity contribution in [3.05, 3.63) is 65.7 Å². The zero-order valence-electron chi connectivity index (χ0n) is 14.3. The van der Waals surface area contributed by atoms with Crippen molar-refractivity contribution in [2.24, 2.45) is 0 Å². The van der Waals surface area contributed by atoms with E-state index < -0.39 is 0 Å². The van der Waals surface area contributed by atoms with Crippen LogP contribution < -0.4 is 5.32 Å². The lowest BCUT2D eigenvalue weighted by atomic mass is 10.1. The monoisotopic (exact) mass is 339 g/mol. The van der Waals surface area contributed by atoms with Gasteiger partial charge in [-0.3, -0.25) is 4.79 Å². The van der Waals surface area contributed by atoms with Crippen molar-refractivity contribution < 1.29 is 9.18 Å². The second-order valence-electron chi connectivity index (χ2n) is 6.07. The summed E-state index contributed by atoms with van der Waals surface area (Å²) in [6, 6.07) is 14.4. The maximum absolute atomic E-state index is 13.1. The van der Waals surface area contributed by atoms with E-state index in [1.54, 1.807) is 12.1 Å². The summed E-state index contributed by atoms with van der Waals surface area (Å²) in [5.74, 6) is 0.688. The van der Waals surface area contributed by atoms with Crippen molar-refractivity contribution in [3.63, 3.8) is 0 Å². The molecule has 0 atom stereocenters. The highest BCUT2D eigenvalue weighted by Crippen LogP contribution is 2.19. The summed E-state index contributed by atoms with van der Waals surface area (Å²) in [7, 11) is 0. The zero-order chi connectivity index (χ0) is 17.6. The standard InChI is InChI=1S/C20H22FN3O/c1-2-12-22-20(25)11-13-24-18-6-4-3-5-17(18)23-19(24)14-15-7-9-16(21)10-8-15/h3-10H,2,11-14H2,1H3,(H,22,25). The highest BCUT2D eigenvalue weighted by Gasteiger charge is 2.12. The molecule has 0 aliphatic heterocycles. The van der Waals surface area contributed by atoms with Gasteiger partial charge in [-0.15, -0.1) is 0 Å². The van der Waals surface area contributed by atoms with Crippen LogP contribution in [0.3, 0.4) is 0 Å². The normalized spacial score (nSPS) is 11.0. The summed E-state index contributed by atoms with van der Waals surface area (Å²) >= 11 is 0. The SMILES string of the molecule is CCCNC(=O)CCn1c(Cc2ccc(F)cc2)nc2ccccc21. The average Bonchev–Trinajstić information content (AvgIpc) is 2.97. The van der Waals surface area contributed by atoms with Gasteiger partial charge in [-0.05, 0) is 36.2 Å². The van der Waals surface area contributed by atoms with Crippen LogP contribution in [0.5, 0.6) is 0 Å². The van der Waals surface area contributed by atoms with Crippen LogP contribution in [0.4, 0.5) is 4.39 Å². The Labute approximate surface area is 146 Å². The van der Waals surface area contributed by atoms with Crippen molar-refractivity contribution in [3.8, 4) is 0 Å². The summed E-state index contributed by atoms with van der Waals surface area (Å²) < 4.78 is 15.2. The molecule has 1 N–H and O–H groups in total. The predicted molar refractivity (Wildman–Crippen MR) is 96.9 cm³/mol. The first kappa shape index (κ1) is 17.1. The molecule has 1 aromatic heterocycles. The van der Waals surface area contributed by atoms with Gasteiger partial charge in [0.15, 0.2) is 0 Å². The van der Waals surface area contributed by atoms with Crippen molar-refractivity contribution in [1.29, 1.82) is 0 Å². The first-order chi connectivity index (χ1) is 12.2. The van der Waals surface area contributed by atoms with Crippen LogP contribution in [0.2, 0.25) is 0 Å². The summed E-state index contributed by atoms with van der Waals surface area (Å²) in [6.45, 7) is 3.31. The van der Waals surface area contributed by atoms with Crippen LogP contribution in [0.1, 0.15) is 31.2 Å². The quantitative estimate of drug-likeness (QED) is 0.714. The lowest BCUT2D eigenvalue weighted by Gasteiger charge is -2.10. The van der Waals surface area contributed by atoms with Gasteiger partial charge in [-0.25, -0.2) is 9.37 Å². The fraction of sp³-hybridized carbons (Fsp3) is 0.300. The van der Waals surface area contributed by atoms with Crippen molar-refractivity contribution >= 4 is 16.9 Å². The Balaban J connectivity index is 1.84. The van der Waals surface area contributed by atoms with Gasteiger partial charge in [0.2, 0.25) is 5.91 Å². The molecule has 5 heteroatoms. The minimum absolute atomic E-state index is 0.0485. The van der Waals surface area contributed by atoms with E-state index >= 15 is 0 Å². The molecule has 25 heavy (non-hydrogen) atoms. The maximum atomic E-state index is 13.1. The summed E-state index contributed by atoms with van der Waals surface area (Å²) in [5, 5.41) is 2.90. The van der Waals surface area contributed by atoms with Crippen LogP contribution >= 0.6 is 0 Å². The zero-order valence-corrected chi connectivity index (χ0v) is 14.3. The minimum Gasteiger partial charge on any atom is -0.356 e. The number of nitrogens with zero attached hydrogens (tertiary/aromatic N) is 2. The van der Waals surface area contributed by atoms with Gasteiger partial charge in [0.25, 0.3) is 0 Å². The number of aromatic nitrogens is 2. The number of hydrogen-bond donors (Lipinski definition) is 1. The lowest BCUT2D eigenvalue weighted by Crippen LogP contribution is -2.25. The Hall–Kier alpha value is -2.69. The first-order valence-corrected chi connectivity index (χ1v) is 8.62. The number of imidazole rings is 1.